The molecule has 7 aliphatic carbocycles. The molecule has 12 unspecified atom stereocenters. The number of nitrogens with zero attached hydrogens (tertiary/aromatic N) is 1. The molecule has 404 valence electrons. The maximum Gasteiger partial charge on any atom is 0.160 e. The van der Waals surface area contributed by atoms with Crippen LogP contribution in [-0.2, 0) is 38.4 Å². The number of rotatable bonds is 10. The van der Waals surface area contributed by atoms with E-state index >= 15 is 9.59 Å². The quantitative estimate of drug-likeness (QED) is 0.118. The summed E-state index contributed by atoms with van der Waals surface area (Å²) in [6.45, 7) is 16.7. The average molecular weight is 1020 g/mol. The van der Waals surface area contributed by atoms with Crippen molar-refractivity contribution in [3.8, 4) is 11.8 Å². The number of aromatic amines is 1. The average Bonchev–Trinajstić information content (AvgIpc) is 3.98. The number of carbonyl (C=O) groups is 2. The molecule has 2 spiro atoms. The number of ether oxygens (including phenoxy) is 2. The van der Waals surface area contributed by atoms with Crippen molar-refractivity contribution in [3.05, 3.63) is 69.6 Å². The van der Waals surface area contributed by atoms with Gasteiger partial charge in [0.2, 0.25) is 0 Å². The SMILES string of the molecule is CNCCC1(C)C(=O)CC2(CCCC2)C2(C)C1CCC13CC#CCC4Cc5c[nH]c6c(Cc7cc(C8CCCCC8)cc(C8CCOCC8)c7)cn(c56)CC(C5=C(C(=O)CC51C)C4(C)CC(O)C1OC1(C)C)C(O)C32. The van der Waals surface area contributed by atoms with Gasteiger partial charge in [0.1, 0.15) is 11.9 Å². The number of hydrogen-bond donors (Lipinski definition) is 4. The Balaban J connectivity index is 1.01. The Morgan fingerprint density at radius 1 is 0.880 bits per heavy atom. The molecule has 10 aliphatic rings. The Morgan fingerprint density at radius 3 is 2.31 bits per heavy atom. The highest BCUT2D eigenvalue weighted by Gasteiger charge is 2.78. The molecule has 3 aliphatic heterocycles. The van der Waals surface area contributed by atoms with Gasteiger partial charge in [-0.3, -0.25) is 9.59 Å². The molecule has 5 bridgehead atoms. The third-order valence-corrected chi connectivity index (χ3v) is 24.5. The lowest BCUT2D eigenvalue weighted by atomic mass is 9.29. The number of benzene rings is 1. The molecular formula is C66H89N3O6. The van der Waals surface area contributed by atoms with Crippen LogP contribution in [0.1, 0.15) is 203 Å². The number of aromatic nitrogens is 2. The number of allylic oxidation sites excluding steroid dienone is 1. The molecule has 3 aromatic rings. The van der Waals surface area contributed by atoms with Crippen molar-refractivity contribution in [1.82, 2.24) is 14.9 Å². The molecule has 7 fully saturated rings. The zero-order valence-electron chi connectivity index (χ0n) is 46.7. The molecule has 5 heterocycles. The van der Waals surface area contributed by atoms with E-state index in [2.05, 4.69) is 98.8 Å². The second-order valence-corrected chi connectivity index (χ2v) is 28.4. The van der Waals surface area contributed by atoms with Gasteiger partial charge in [0.25, 0.3) is 0 Å². The highest BCUT2D eigenvalue weighted by Crippen LogP contribution is 2.81. The summed E-state index contributed by atoms with van der Waals surface area (Å²) in [6, 6.07) is 7.62. The van der Waals surface area contributed by atoms with Crippen LogP contribution in [-0.4, -0.2) is 82.0 Å². The molecule has 2 aromatic heterocycles. The Morgan fingerprint density at radius 2 is 1.60 bits per heavy atom. The minimum atomic E-state index is -0.780. The van der Waals surface area contributed by atoms with Crippen LogP contribution in [0.5, 0.6) is 0 Å². The monoisotopic (exact) mass is 1020 g/mol. The molecule has 9 heteroatoms. The summed E-state index contributed by atoms with van der Waals surface area (Å²) in [4.78, 5) is 35.0. The number of H-pyrrole nitrogens is 1. The van der Waals surface area contributed by atoms with E-state index in [9.17, 15) is 10.2 Å². The predicted molar refractivity (Wildman–Crippen MR) is 294 cm³/mol. The fourth-order valence-electron chi connectivity index (χ4n) is 20.6. The number of aliphatic hydroxyl groups is 2. The van der Waals surface area contributed by atoms with Crippen molar-refractivity contribution in [1.29, 1.82) is 0 Å². The molecule has 0 amide bonds. The maximum atomic E-state index is 16.0. The summed E-state index contributed by atoms with van der Waals surface area (Å²) in [5, 5.41) is 30.4. The van der Waals surface area contributed by atoms with Gasteiger partial charge in [0, 0.05) is 92.0 Å². The first kappa shape index (κ1) is 51.0. The van der Waals surface area contributed by atoms with Crippen LogP contribution < -0.4 is 5.32 Å². The first-order valence-electron chi connectivity index (χ1n) is 30.3. The van der Waals surface area contributed by atoms with Crippen molar-refractivity contribution in [2.45, 2.75) is 219 Å². The van der Waals surface area contributed by atoms with Crippen LogP contribution in [0.4, 0.5) is 0 Å². The van der Waals surface area contributed by atoms with Gasteiger partial charge in [-0.1, -0.05) is 78.0 Å². The Labute approximate surface area is 447 Å². The molecule has 13 rings (SSSR count). The summed E-state index contributed by atoms with van der Waals surface area (Å²) in [7, 11) is 2.01. The lowest BCUT2D eigenvalue weighted by Gasteiger charge is -2.74. The molecule has 12 atom stereocenters. The van der Waals surface area contributed by atoms with Crippen molar-refractivity contribution < 1.29 is 29.3 Å². The second-order valence-electron chi connectivity index (χ2n) is 28.4. The fourth-order valence-corrected chi connectivity index (χ4v) is 20.6. The summed E-state index contributed by atoms with van der Waals surface area (Å²) in [5.74, 6) is 9.01. The van der Waals surface area contributed by atoms with Gasteiger partial charge in [-0.05, 0) is 177 Å². The summed E-state index contributed by atoms with van der Waals surface area (Å²) >= 11 is 0. The van der Waals surface area contributed by atoms with E-state index in [1.807, 2.05) is 7.05 Å². The third kappa shape index (κ3) is 7.39. The van der Waals surface area contributed by atoms with Gasteiger partial charge < -0.3 is 34.6 Å². The topological polar surface area (TPSA) is 129 Å². The zero-order valence-corrected chi connectivity index (χ0v) is 46.7. The number of carbonyl (C=O) groups excluding carboxylic acids is 2. The number of fused-ring (bicyclic) bond motifs is 4. The van der Waals surface area contributed by atoms with Crippen LogP contribution >= 0.6 is 0 Å². The molecular weight excluding hydrogens is 931 g/mol. The third-order valence-electron chi connectivity index (χ3n) is 24.5. The number of hydrogen-bond acceptors (Lipinski definition) is 7. The highest BCUT2D eigenvalue weighted by atomic mass is 16.6. The summed E-state index contributed by atoms with van der Waals surface area (Å²) < 4.78 is 14.6. The number of aliphatic hydroxyl groups excluding tert-OH is 2. The van der Waals surface area contributed by atoms with Crippen molar-refractivity contribution in [2.75, 3.05) is 26.8 Å². The van der Waals surface area contributed by atoms with E-state index in [4.69, 9.17) is 9.47 Å². The van der Waals surface area contributed by atoms with E-state index in [1.165, 1.54) is 76.5 Å². The van der Waals surface area contributed by atoms with E-state index < -0.39 is 39.5 Å². The van der Waals surface area contributed by atoms with Gasteiger partial charge in [-0.15, -0.1) is 11.8 Å². The normalized spacial score (nSPS) is 39.4. The predicted octanol–water partition coefficient (Wildman–Crippen LogP) is 11.8. The van der Waals surface area contributed by atoms with Crippen molar-refractivity contribution in [2.24, 2.45) is 56.2 Å². The summed E-state index contributed by atoms with van der Waals surface area (Å²) in [5.41, 5.74) is 7.93. The van der Waals surface area contributed by atoms with Crippen LogP contribution in [0, 0.1) is 68.0 Å². The van der Waals surface area contributed by atoms with Gasteiger partial charge in [-0.2, -0.15) is 0 Å². The van der Waals surface area contributed by atoms with Crippen LogP contribution in [0.15, 0.2) is 41.7 Å². The summed E-state index contributed by atoms with van der Waals surface area (Å²) in [6.07, 6.45) is 22.3. The largest absolute Gasteiger partial charge is 0.392 e. The van der Waals surface area contributed by atoms with E-state index in [-0.39, 0.29) is 46.4 Å². The van der Waals surface area contributed by atoms with Gasteiger partial charge in [0.15, 0.2) is 5.78 Å². The first-order chi connectivity index (χ1) is 35.9. The van der Waals surface area contributed by atoms with Crippen LogP contribution in [0.25, 0.3) is 11.0 Å². The minimum Gasteiger partial charge on any atom is -0.392 e. The first-order valence-corrected chi connectivity index (χ1v) is 30.3. The Bertz CT molecular complexity index is 2840. The standard InChI is InChI=1S/C66H89N3O6/c1-60(2)59(75-60)50(71)34-62(4)47-17-11-12-23-66-24-18-51-61(3,25-26-67-7)52(72)36-65(21-13-14-22-65)64(51,6)58(66)57(73)48(53-54(62)49(70)35-63(53,66)5)39-69-38-46(55-56(69)45(33-47)37-68-55)31-40-29-43(41-15-9-8-10-16-41)32-44(30-40)42-19-27-74-28-20-42/h29-30,32,37-38,41-42,47-48,50-51,57-59,67-68,71,73H,8-10,13-28,31,33-36,39H2,1-7H3. The number of ketones is 2. The van der Waals surface area contributed by atoms with E-state index in [0.29, 0.717) is 62.7 Å². The minimum absolute atomic E-state index is 0.0785. The Kier molecular flexibility index (Phi) is 12.2. The molecule has 1 aromatic carbocycles. The van der Waals surface area contributed by atoms with Gasteiger partial charge in [0.05, 0.1) is 28.8 Å². The molecule has 0 radical (unpaired) electrons. The van der Waals surface area contributed by atoms with Crippen LogP contribution in [0.3, 0.4) is 0 Å². The number of Topliss-reactive ketones (excluding diaryl/α,β-unsaturated/α-hetero) is 2. The van der Waals surface area contributed by atoms with Gasteiger partial charge >= 0.3 is 0 Å². The van der Waals surface area contributed by atoms with Crippen molar-refractivity contribution in [3.63, 3.8) is 0 Å². The van der Waals surface area contributed by atoms with E-state index in [1.54, 1.807) is 0 Å². The van der Waals surface area contributed by atoms with Crippen LogP contribution in [0.2, 0.25) is 0 Å². The second kappa shape index (κ2) is 18.0. The Hall–Kier alpha value is -3.52. The molecule has 9 nitrogen and oxygen atoms in total. The number of nitrogens with one attached hydrogen (secondary N) is 2. The smallest absolute Gasteiger partial charge is 0.160 e. The molecule has 2 saturated heterocycles. The van der Waals surface area contributed by atoms with Gasteiger partial charge in [-0.25, -0.2) is 0 Å². The lowest BCUT2D eigenvalue weighted by molar-refractivity contribution is -0.265. The molecule has 75 heavy (non-hydrogen) atoms. The number of epoxide rings is 1. The zero-order chi connectivity index (χ0) is 52.1. The van der Waals surface area contributed by atoms with E-state index in [0.717, 1.165) is 89.5 Å². The highest BCUT2D eigenvalue weighted by molar-refractivity contribution is 6.02. The lowest BCUT2D eigenvalue weighted by Crippen LogP contribution is -2.73. The fraction of sp³-hybridized carbons (Fsp3) is 0.727. The van der Waals surface area contributed by atoms with Crippen molar-refractivity contribution >= 4 is 22.6 Å². The molecule has 4 N–H and O–H groups in total. The molecule has 5 saturated carbocycles. The maximum absolute atomic E-state index is 16.0.